The van der Waals surface area contributed by atoms with Gasteiger partial charge in [-0.2, -0.15) is 5.26 Å². The fourth-order valence-corrected chi connectivity index (χ4v) is 3.93. The molecular formula is C16H29N3O. The second-order valence-electron chi connectivity index (χ2n) is 6.23. The molecular weight excluding hydrogens is 250 g/mol. The van der Waals surface area contributed by atoms with Crippen molar-refractivity contribution in [1.82, 2.24) is 10.2 Å². The molecule has 2 rings (SSSR count). The summed E-state index contributed by atoms with van der Waals surface area (Å²) in [5.74, 6) is 0.505. The lowest BCUT2D eigenvalue weighted by atomic mass is 9.86. The van der Waals surface area contributed by atoms with Crippen LogP contribution in [-0.4, -0.2) is 49.8 Å². The lowest BCUT2D eigenvalue weighted by Gasteiger charge is -2.35. The molecule has 1 saturated carbocycles. The van der Waals surface area contributed by atoms with Crippen LogP contribution in [0.4, 0.5) is 0 Å². The summed E-state index contributed by atoms with van der Waals surface area (Å²) in [5.41, 5.74) is -0.269. The Morgan fingerprint density at radius 1 is 1.40 bits per heavy atom. The molecule has 1 saturated heterocycles. The van der Waals surface area contributed by atoms with Gasteiger partial charge in [0.15, 0.2) is 0 Å². The number of likely N-dealkylation sites (tertiary alicyclic amines) is 1. The standard InChI is InChI=1S/C16H29N3O/c1-3-20-15-7-5-10-19(12-15)11-8-14-6-4-9-16(14,13-17)18-2/h14-15,18H,3-12H2,1-2H3. The van der Waals surface area contributed by atoms with Gasteiger partial charge in [0.1, 0.15) is 5.54 Å². The van der Waals surface area contributed by atoms with Gasteiger partial charge in [0, 0.05) is 13.2 Å². The van der Waals surface area contributed by atoms with Crippen molar-refractivity contribution in [2.75, 3.05) is 33.3 Å². The Balaban J connectivity index is 1.81. The molecule has 0 aromatic rings. The maximum atomic E-state index is 9.49. The molecule has 0 amide bonds. The lowest BCUT2D eigenvalue weighted by molar-refractivity contribution is 0.00413. The fourth-order valence-electron chi connectivity index (χ4n) is 3.93. The summed E-state index contributed by atoms with van der Waals surface area (Å²) in [4.78, 5) is 2.53. The molecule has 2 fully saturated rings. The molecule has 1 heterocycles. The van der Waals surface area contributed by atoms with Gasteiger partial charge in [0.05, 0.1) is 12.2 Å². The van der Waals surface area contributed by atoms with Crippen LogP contribution in [0.1, 0.15) is 45.4 Å². The van der Waals surface area contributed by atoms with Crippen molar-refractivity contribution in [1.29, 1.82) is 5.26 Å². The van der Waals surface area contributed by atoms with E-state index in [9.17, 15) is 5.26 Å². The third kappa shape index (κ3) is 3.52. The zero-order chi connectivity index (χ0) is 14.4. The van der Waals surface area contributed by atoms with E-state index in [0.717, 1.165) is 32.5 Å². The number of nitriles is 1. The molecule has 1 aliphatic carbocycles. The van der Waals surface area contributed by atoms with Crippen molar-refractivity contribution >= 4 is 0 Å². The first kappa shape index (κ1) is 15.8. The zero-order valence-electron chi connectivity index (χ0n) is 13.0. The Labute approximate surface area is 123 Å². The molecule has 114 valence electrons. The smallest absolute Gasteiger partial charge is 0.109 e. The highest BCUT2D eigenvalue weighted by molar-refractivity contribution is 5.13. The van der Waals surface area contributed by atoms with Gasteiger partial charge in [0.25, 0.3) is 0 Å². The SMILES string of the molecule is CCOC1CCCN(CCC2CCCC2(C#N)NC)C1. The summed E-state index contributed by atoms with van der Waals surface area (Å²) >= 11 is 0. The number of nitrogens with zero attached hydrogens (tertiary/aromatic N) is 2. The Kier molecular flexibility index (Phi) is 5.83. The molecule has 0 spiro atoms. The summed E-state index contributed by atoms with van der Waals surface area (Å²) in [6.45, 7) is 6.26. The first-order valence-electron chi connectivity index (χ1n) is 8.18. The van der Waals surface area contributed by atoms with Gasteiger partial charge in [-0.05, 0) is 65.1 Å². The highest BCUT2D eigenvalue weighted by atomic mass is 16.5. The minimum atomic E-state index is -0.269. The summed E-state index contributed by atoms with van der Waals surface area (Å²) in [6.07, 6.45) is 7.37. The van der Waals surface area contributed by atoms with E-state index in [0.29, 0.717) is 12.0 Å². The van der Waals surface area contributed by atoms with Crippen molar-refractivity contribution in [3.8, 4) is 6.07 Å². The lowest BCUT2D eigenvalue weighted by Crippen LogP contribution is -2.47. The van der Waals surface area contributed by atoms with Gasteiger partial charge >= 0.3 is 0 Å². The van der Waals surface area contributed by atoms with E-state index in [1.165, 1.54) is 32.2 Å². The van der Waals surface area contributed by atoms with Gasteiger partial charge in [-0.1, -0.05) is 6.42 Å². The maximum Gasteiger partial charge on any atom is 0.109 e. The predicted octanol–water partition coefficient (Wildman–Crippen LogP) is 2.16. The Bertz CT molecular complexity index is 339. The number of ether oxygens (including phenoxy) is 1. The van der Waals surface area contributed by atoms with Crippen molar-refractivity contribution in [3.05, 3.63) is 0 Å². The predicted molar refractivity (Wildman–Crippen MR) is 80.4 cm³/mol. The minimum absolute atomic E-state index is 0.269. The topological polar surface area (TPSA) is 48.3 Å². The molecule has 3 unspecified atom stereocenters. The number of hydrogen-bond donors (Lipinski definition) is 1. The van der Waals surface area contributed by atoms with E-state index in [1.54, 1.807) is 0 Å². The highest BCUT2D eigenvalue weighted by Gasteiger charge is 2.41. The van der Waals surface area contributed by atoms with Crippen molar-refractivity contribution in [2.24, 2.45) is 5.92 Å². The molecule has 4 heteroatoms. The maximum absolute atomic E-state index is 9.49. The van der Waals surface area contributed by atoms with Crippen molar-refractivity contribution in [2.45, 2.75) is 57.1 Å². The van der Waals surface area contributed by atoms with Crippen LogP contribution in [0.3, 0.4) is 0 Å². The van der Waals surface area contributed by atoms with Crippen LogP contribution in [0.15, 0.2) is 0 Å². The van der Waals surface area contributed by atoms with Crippen LogP contribution in [0.2, 0.25) is 0 Å². The number of rotatable bonds is 6. The van der Waals surface area contributed by atoms with Crippen LogP contribution in [-0.2, 0) is 4.74 Å². The average molecular weight is 279 g/mol. The number of hydrogen-bond acceptors (Lipinski definition) is 4. The highest BCUT2D eigenvalue weighted by Crippen LogP contribution is 2.37. The molecule has 0 aromatic carbocycles. The number of piperidine rings is 1. The summed E-state index contributed by atoms with van der Waals surface area (Å²) in [7, 11) is 1.94. The first-order chi connectivity index (χ1) is 9.74. The molecule has 20 heavy (non-hydrogen) atoms. The second kappa shape index (κ2) is 7.40. The molecule has 1 N–H and O–H groups in total. The third-order valence-electron chi connectivity index (χ3n) is 5.12. The van der Waals surface area contributed by atoms with E-state index in [4.69, 9.17) is 4.74 Å². The van der Waals surface area contributed by atoms with Crippen LogP contribution in [0.25, 0.3) is 0 Å². The van der Waals surface area contributed by atoms with Gasteiger partial charge in [-0.25, -0.2) is 0 Å². The third-order valence-corrected chi connectivity index (χ3v) is 5.12. The van der Waals surface area contributed by atoms with Gasteiger partial charge in [0.2, 0.25) is 0 Å². The number of nitrogens with one attached hydrogen (secondary N) is 1. The monoisotopic (exact) mass is 279 g/mol. The average Bonchev–Trinajstić information content (AvgIpc) is 2.89. The van der Waals surface area contributed by atoms with E-state index in [-0.39, 0.29) is 5.54 Å². The van der Waals surface area contributed by atoms with Gasteiger partial charge in [-0.3, -0.25) is 0 Å². The van der Waals surface area contributed by atoms with Crippen LogP contribution < -0.4 is 5.32 Å². The van der Waals surface area contributed by atoms with Crippen LogP contribution in [0.5, 0.6) is 0 Å². The molecule has 0 radical (unpaired) electrons. The van der Waals surface area contributed by atoms with E-state index >= 15 is 0 Å². The molecule has 1 aliphatic heterocycles. The summed E-state index contributed by atoms with van der Waals surface area (Å²) in [6, 6.07) is 2.54. The molecule has 4 nitrogen and oxygen atoms in total. The first-order valence-corrected chi connectivity index (χ1v) is 8.18. The van der Waals surface area contributed by atoms with E-state index in [1.807, 2.05) is 7.05 Å². The quantitative estimate of drug-likeness (QED) is 0.809. The normalized spacial score (nSPS) is 35.0. The largest absolute Gasteiger partial charge is 0.377 e. The summed E-state index contributed by atoms with van der Waals surface area (Å²) < 4.78 is 5.76. The van der Waals surface area contributed by atoms with Crippen LogP contribution in [0, 0.1) is 17.2 Å². The fraction of sp³-hybridized carbons (Fsp3) is 0.938. The Morgan fingerprint density at radius 2 is 2.25 bits per heavy atom. The minimum Gasteiger partial charge on any atom is -0.377 e. The molecule has 3 atom stereocenters. The second-order valence-corrected chi connectivity index (χ2v) is 6.23. The van der Waals surface area contributed by atoms with Crippen molar-refractivity contribution in [3.63, 3.8) is 0 Å². The summed E-state index contributed by atoms with van der Waals surface area (Å²) in [5, 5.41) is 12.8. The van der Waals surface area contributed by atoms with E-state index in [2.05, 4.69) is 23.2 Å². The molecule has 0 bridgehead atoms. The Morgan fingerprint density at radius 3 is 2.95 bits per heavy atom. The van der Waals surface area contributed by atoms with E-state index < -0.39 is 0 Å². The zero-order valence-corrected chi connectivity index (χ0v) is 13.0. The Hall–Kier alpha value is -0.630. The van der Waals surface area contributed by atoms with Crippen molar-refractivity contribution < 1.29 is 4.74 Å². The van der Waals surface area contributed by atoms with Gasteiger partial charge < -0.3 is 15.0 Å². The molecule has 2 aliphatic rings. The van der Waals surface area contributed by atoms with Gasteiger partial charge in [-0.15, -0.1) is 0 Å². The van der Waals surface area contributed by atoms with Crippen LogP contribution >= 0.6 is 0 Å². The molecule has 0 aromatic heterocycles.